The van der Waals surface area contributed by atoms with Crippen molar-refractivity contribution in [2.24, 2.45) is 0 Å². The van der Waals surface area contributed by atoms with E-state index < -0.39 is 34.0 Å². The van der Waals surface area contributed by atoms with Gasteiger partial charge in [0.2, 0.25) is 0 Å². The maximum atomic E-state index is 13.8. The highest BCUT2D eigenvalue weighted by Gasteiger charge is 2.73. The SMILES string of the molecule is FC(F)(F)C(F)(F)C(F)(F)Sc1cc(Br)[c]c(Br)c1-c1cccnc1Cl. The number of hydrogen-bond donors (Lipinski definition) is 0. The average molecular weight is 547 g/mol. The van der Waals surface area contributed by atoms with Crippen molar-refractivity contribution in [2.45, 2.75) is 22.2 Å². The lowest BCUT2D eigenvalue weighted by Gasteiger charge is -2.28. The molecule has 0 aliphatic heterocycles. The van der Waals surface area contributed by atoms with Crippen molar-refractivity contribution in [2.75, 3.05) is 0 Å². The summed E-state index contributed by atoms with van der Waals surface area (Å²) in [5, 5.41) is -5.63. The van der Waals surface area contributed by atoms with Crippen LogP contribution in [0.25, 0.3) is 11.1 Å². The van der Waals surface area contributed by atoms with Crippen LogP contribution >= 0.6 is 55.2 Å². The zero-order chi connectivity index (χ0) is 19.9. The molecule has 26 heavy (non-hydrogen) atoms. The molecule has 141 valence electrons. The molecule has 0 aliphatic rings. The highest BCUT2D eigenvalue weighted by molar-refractivity contribution is 9.11. The van der Waals surface area contributed by atoms with Gasteiger partial charge in [-0.3, -0.25) is 0 Å². The molecule has 1 nitrogen and oxygen atoms in total. The summed E-state index contributed by atoms with van der Waals surface area (Å²) < 4.78 is 91.4. The van der Waals surface area contributed by atoms with E-state index in [-0.39, 0.29) is 25.2 Å². The van der Waals surface area contributed by atoms with Crippen LogP contribution in [0.1, 0.15) is 0 Å². The molecule has 0 unspecified atom stereocenters. The summed E-state index contributed by atoms with van der Waals surface area (Å²) in [5.41, 5.74) is -0.0904. The second-order valence-electron chi connectivity index (χ2n) is 4.70. The van der Waals surface area contributed by atoms with Crippen LogP contribution in [0.2, 0.25) is 5.15 Å². The van der Waals surface area contributed by atoms with Gasteiger partial charge in [0.15, 0.2) is 0 Å². The fourth-order valence-electron chi connectivity index (χ4n) is 1.77. The molecule has 1 aromatic carbocycles. The summed E-state index contributed by atoms with van der Waals surface area (Å²) in [6, 6.07) is 6.32. The maximum absolute atomic E-state index is 13.8. The Morgan fingerprint density at radius 1 is 1.08 bits per heavy atom. The van der Waals surface area contributed by atoms with Gasteiger partial charge in [0.05, 0.1) is 0 Å². The van der Waals surface area contributed by atoms with Gasteiger partial charge in [0.25, 0.3) is 0 Å². The Kier molecular flexibility index (Phi) is 6.26. The van der Waals surface area contributed by atoms with E-state index >= 15 is 0 Å². The van der Waals surface area contributed by atoms with Crippen molar-refractivity contribution in [3.63, 3.8) is 0 Å². The highest BCUT2D eigenvalue weighted by Crippen LogP contribution is 2.56. The quantitative estimate of drug-likeness (QED) is 0.223. The van der Waals surface area contributed by atoms with E-state index in [1.54, 1.807) is 0 Å². The van der Waals surface area contributed by atoms with E-state index in [4.69, 9.17) is 11.6 Å². The fraction of sp³-hybridized carbons (Fsp3) is 0.214. The minimum Gasteiger partial charge on any atom is -0.244 e. The molecule has 0 saturated carbocycles. The Labute approximate surface area is 168 Å². The van der Waals surface area contributed by atoms with E-state index in [2.05, 4.69) is 42.9 Å². The Bertz CT molecular complexity index is 829. The van der Waals surface area contributed by atoms with E-state index in [1.165, 1.54) is 18.3 Å². The van der Waals surface area contributed by atoms with Crippen LogP contribution < -0.4 is 0 Å². The summed E-state index contributed by atoms with van der Waals surface area (Å²) >= 11 is 10.9. The van der Waals surface area contributed by atoms with Crippen LogP contribution in [0.15, 0.2) is 38.2 Å². The molecule has 1 heterocycles. The Morgan fingerprint density at radius 3 is 2.23 bits per heavy atom. The lowest BCUT2D eigenvalue weighted by atomic mass is 10.1. The van der Waals surface area contributed by atoms with Gasteiger partial charge < -0.3 is 0 Å². The van der Waals surface area contributed by atoms with Crippen LogP contribution in [-0.4, -0.2) is 22.3 Å². The molecule has 0 fully saturated rings. The number of alkyl halides is 7. The van der Waals surface area contributed by atoms with Gasteiger partial charge in [-0.1, -0.05) is 27.5 Å². The van der Waals surface area contributed by atoms with Crippen LogP contribution in [-0.2, 0) is 0 Å². The molecule has 0 aliphatic carbocycles. The van der Waals surface area contributed by atoms with Gasteiger partial charge in [0.1, 0.15) is 5.15 Å². The van der Waals surface area contributed by atoms with Crippen molar-refractivity contribution in [3.05, 3.63) is 44.6 Å². The summed E-state index contributed by atoms with van der Waals surface area (Å²) in [5.74, 6) is -6.25. The number of aromatic nitrogens is 1. The Balaban J connectivity index is 2.63. The molecule has 0 spiro atoms. The van der Waals surface area contributed by atoms with E-state index in [9.17, 15) is 30.7 Å². The largest absolute Gasteiger partial charge is 0.460 e. The molecule has 0 N–H and O–H groups in total. The molecule has 1 aromatic heterocycles. The van der Waals surface area contributed by atoms with Crippen LogP contribution in [0.5, 0.6) is 0 Å². The van der Waals surface area contributed by atoms with Crippen molar-refractivity contribution < 1.29 is 30.7 Å². The third kappa shape index (κ3) is 4.15. The van der Waals surface area contributed by atoms with Gasteiger partial charge in [-0.15, -0.1) is 0 Å². The average Bonchev–Trinajstić information content (AvgIpc) is 2.46. The molecular weight excluding hydrogens is 542 g/mol. The van der Waals surface area contributed by atoms with Gasteiger partial charge in [-0.25, -0.2) is 4.98 Å². The maximum Gasteiger partial charge on any atom is 0.460 e. The van der Waals surface area contributed by atoms with Gasteiger partial charge in [-0.05, 0) is 45.9 Å². The number of halogens is 10. The number of rotatable bonds is 4. The predicted octanol–water partition coefficient (Wildman–Crippen LogP) is 7.61. The normalized spacial score (nSPS) is 13.2. The van der Waals surface area contributed by atoms with Crippen LogP contribution in [0, 0.1) is 6.07 Å². The van der Waals surface area contributed by atoms with Crippen molar-refractivity contribution in [1.82, 2.24) is 4.98 Å². The molecule has 2 rings (SSSR count). The molecule has 1 radical (unpaired) electrons. The second-order valence-corrected chi connectivity index (χ2v) is 7.87. The van der Waals surface area contributed by atoms with E-state index in [0.717, 1.165) is 6.07 Å². The lowest BCUT2D eigenvalue weighted by Crippen LogP contribution is -2.49. The number of benzene rings is 1. The monoisotopic (exact) mass is 544 g/mol. The number of nitrogens with zero attached hydrogens (tertiary/aromatic N) is 1. The Hall–Kier alpha value is -0.520. The Morgan fingerprint density at radius 2 is 1.69 bits per heavy atom. The number of thioether (sulfide) groups is 1. The van der Waals surface area contributed by atoms with Gasteiger partial charge in [-0.2, -0.15) is 30.7 Å². The first kappa shape index (κ1) is 21.8. The zero-order valence-corrected chi connectivity index (χ0v) is 16.7. The molecule has 0 saturated heterocycles. The van der Waals surface area contributed by atoms with Gasteiger partial charge in [0, 0.05) is 37.2 Å². The molecule has 0 atom stereocenters. The minimum atomic E-state index is -6.43. The zero-order valence-electron chi connectivity index (χ0n) is 11.9. The third-order valence-corrected chi connectivity index (χ3v) is 5.32. The summed E-state index contributed by atoms with van der Waals surface area (Å²) in [4.78, 5) is 3.16. The first-order valence-corrected chi connectivity index (χ1v) is 9.09. The summed E-state index contributed by atoms with van der Waals surface area (Å²) in [7, 11) is 0. The second kappa shape index (κ2) is 7.48. The van der Waals surface area contributed by atoms with Crippen molar-refractivity contribution in [3.8, 4) is 11.1 Å². The highest BCUT2D eigenvalue weighted by atomic mass is 79.9. The fourth-order valence-corrected chi connectivity index (χ4v) is 4.61. The topological polar surface area (TPSA) is 12.9 Å². The molecule has 2 aromatic rings. The predicted molar refractivity (Wildman–Crippen MR) is 90.7 cm³/mol. The standard InChI is InChI=1S/C14H4Br2ClF7NS/c15-6-4-8(16)10(7-2-1-3-25-11(7)17)9(5-6)26-14(23,24)12(18,19)13(20,21)22/h1-3,5H. The smallest absolute Gasteiger partial charge is 0.244 e. The molecule has 0 bridgehead atoms. The summed E-state index contributed by atoms with van der Waals surface area (Å²) in [6.45, 7) is 0. The van der Waals surface area contributed by atoms with Crippen molar-refractivity contribution in [1.29, 1.82) is 0 Å². The van der Waals surface area contributed by atoms with E-state index in [0.29, 0.717) is 0 Å². The number of pyridine rings is 1. The first-order chi connectivity index (χ1) is 11.8. The van der Waals surface area contributed by atoms with Crippen LogP contribution in [0.4, 0.5) is 30.7 Å². The van der Waals surface area contributed by atoms with Gasteiger partial charge >= 0.3 is 17.4 Å². The van der Waals surface area contributed by atoms with Crippen molar-refractivity contribution >= 4 is 55.2 Å². The number of hydrogen-bond acceptors (Lipinski definition) is 2. The molecule has 12 heteroatoms. The lowest BCUT2D eigenvalue weighted by molar-refractivity contribution is -0.330. The van der Waals surface area contributed by atoms with E-state index in [1.807, 2.05) is 0 Å². The molecular formula is C14H4Br2ClF7NS. The summed E-state index contributed by atoms with van der Waals surface area (Å²) in [6.07, 6.45) is -5.13. The molecule has 0 amide bonds. The minimum absolute atomic E-state index is 0.0235. The van der Waals surface area contributed by atoms with Crippen LogP contribution in [0.3, 0.4) is 0 Å². The first-order valence-electron chi connectivity index (χ1n) is 6.31. The third-order valence-electron chi connectivity index (χ3n) is 2.94.